The summed E-state index contributed by atoms with van der Waals surface area (Å²) < 4.78 is 0.489. The van der Waals surface area contributed by atoms with Crippen LogP contribution in [0.1, 0.15) is 5.56 Å². The van der Waals surface area contributed by atoms with Crippen LogP contribution in [0.4, 0.5) is 0 Å². The number of aromatic hydroxyl groups is 1. The molecule has 0 unspecified atom stereocenters. The Labute approximate surface area is 131 Å². The van der Waals surface area contributed by atoms with Crippen molar-refractivity contribution in [2.24, 2.45) is 0 Å². The molecule has 0 aromatic heterocycles. The standard InChI is InChI=1S/C16H11NO2S2/c18-13-3-1-2-12(9-13)11-6-4-10(5-7-11)8-14-15(19)17-16(20)21-14/h1-9,18H,(H,17,19,20)/b14-8-. The number of thioether (sulfide) groups is 1. The molecule has 104 valence electrons. The molecule has 0 saturated carbocycles. The maximum Gasteiger partial charge on any atom is 0.263 e. The van der Waals surface area contributed by atoms with Crippen molar-refractivity contribution in [2.75, 3.05) is 0 Å². The van der Waals surface area contributed by atoms with Crippen LogP contribution in [0.25, 0.3) is 17.2 Å². The normalized spacial score (nSPS) is 16.3. The Balaban J connectivity index is 1.86. The van der Waals surface area contributed by atoms with Gasteiger partial charge in [0.05, 0.1) is 4.91 Å². The third kappa shape index (κ3) is 3.15. The maximum atomic E-state index is 11.6. The van der Waals surface area contributed by atoms with Crippen LogP contribution in [0, 0.1) is 0 Å². The van der Waals surface area contributed by atoms with Crippen LogP contribution in [0.2, 0.25) is 0 Å². The lowest BCUT2D eigenvalue weighted by molar-refractivity contribution is -0.115. The summed E-state index contributed by atoms with van der Waals surface area (Å²) in [4.78, 5) is 12.2. The summed E-state index contributed by atoms with van der Waals surface area (Å²) in [6.07, 6.45) is 1.81. The molecule has 1 aliphatic heterocycles. The number of phenols is 1. The van der Waals surface area contributed by atoms with E-state index >= 15 is 0 Å². The molecule has 1 aliphatic rings. The number of hydrogen-bond donors (Lipinski definition) is 2. The highest BCUT2D eigenvalue weighted by Crippen LogP contribution is 2.27. The second-order valence-electron chi connectivity index (χ2n) is 4.52. The van der Waals surface area contributed by atoms with Crippen LogP contribution < -0.4 is 5.32 Å². The molecule has 2 aromatic carbocycles. The molecule has 3 nitrogen and oxygen atoms in total. The molecule has 0 radical (unpaired) electrons. The predicted molar refractivity (Wildman–Crippen MR) is 89.9 cm³/mol. The zero-order valence-corrected chi connectivity index (χ0v) is 12.5. The third-order valence-electron chi connectivity index (χ3n) is 3.03. The van der Waals surface area contributed by atoms with Gasteiger partial charge < -0.3 is 10.4 Å². The number of nitrogens with one attached hydrogen (secondary N) is 1. The molecular formula is C16H11NO2S2. The van der Waals surface area contributed by atoms with Crippen molar-refractivity contribution in [1.82, 2.24) is 5.32 Å². The fourth-order valence-corrected chi connectivity index (χ4v) is 3.07. The van der Waals surface area contributed by atoms with Gasteiger partial charge >= 0.3 is 0 Å². The quantitative estimate of drug-likeness (QED) is 0.657. The summed E-state index contributed by atoms with van der Waals surface area (Å²) in [6.45, 7) is 0. The summed E-state index contributed by atoms with van der Waals surface area (Å²) >= 11 is 6.22. The molecule has 0 atom stereocenters. The average molecular weight is 313 g/mol. The largest absolute Gasteiger partial charge is 0.508 e. The van der Waals surface area contributed by atoms with E-state index in [1.54, 1.807) is 18.2 Å². The Morgan fingerprint density at radius 3 is 2.48 bits per heavy atom. The smallest absolute Gasteiger partial charge is 0.263 e. The Hall–Kier alpha value is -2.11. The maximum absolute atomic E-state index is 11.6. The molecule has 1 heterocycles. The summed E-state index contributed by atoms with van der Waals surface area (Å²) in [5.74, 6) is 0.0910. The molecular weight excluding hydrogens is 302 g/mol. The predicted octanol–water partition coefficient (Wildman–Crippen LogP) is 3.55. The first-order chi connectivity index (χ1) is 10.1. The van der Waals surface area contributed by atoms with E-state index in [4.69, 9.17) is 12.2 Å². The molecule has 1 fully saturated rings. The number of phenolic OH excluding ortho intramolecular Hbond substituents is 1. The Kier molecular flexibility index (Phi) is 3.77. The minimum Gasteiger partial charge on any atom is -0.508 e. The lowest BCUT2D eigenvalue weighted by atomic mass is 10.0. The molecule has 1 saturated heterocycles. The van der Waals surface area contributed by atoms with Gasteiger partial charge in [-0.15, -0.1) is 0 Å². The van der Waals surface area contributed by atoms with Gasteiger partial charge in [-0.3, -0.25) is 4.79 Å². The first-order valence-electron chi connectivity index (χ1n) is 6.26. The van der Waals surface area contributed by atoms with E-state index in [2.05, 4.69) is 5.32 Å². The SMILES string of the molecule is O=C1NC(=S)S/C1=C\c1ccc(-c2cccc(O)c2)cc1. The number of rotatable bonds is 2. The van der Waals surface area contributed by atoms with E-state index in [1.165, 1.54) is 11.8 Å². The molecule has 0 aliphatic carbocycles. The van der Waals surface area contributed by atoms with Crippen molar-refractivity contribution < 1.29 is 9.90 Å². The van der Waals surface area contributed by atoms with Crippen LogP contribution >= 0.6 is 24.0 Å². The van der Waals surface area contributed by atoms with Crippen LogP contribution in [0.3, 0.4) is 0 Å². The van der Waals surface area contributed by atoms with Crippen LogP contribution in [0.5, 0.6) is 5.75 Å². The highest BCUT2D eigenvalue weighted by molar-refractivity contribution is 8.26. The van der Waals surface area contributed by atoms with Gasteiger partial charge in [0.1, 0.15) is 10.1 Å². The second kappa shape index (κ2) is 5.71. The summed E-state index contributed by atoms with van der Waals surface area (Å²) in [5.41, 5.74) is 2.89. The van der Waals surface area contributed by atoms with Gasteiger partial charge in [-0.1, -0.05) is 60.4 Å². The van der Waals surface area contributed by atoms with E-state index < -0.39 is 0 Å². The molecule has 21 heavy (non-hydrogen) atoms. The number of hydrogen-bond acceptors (Lipinski definition) is 4. The van der Waals surface area contributed by atoms with E-state index in [-0.39, 0.29) is 11.7 Å². The first-order valence-corrected chi connectivity index (χ1v) is 7.48. The van der Waals surface area contributed by atoms with Crippen molar-refractivity contribution in [1.29, 1.82) is 0 Å². The van der Waals surface area contributed by atoms with Gasteiger partial charge in [0, 0.05) is 0 Å². The van der Waals surface area contributed by atoms with Crippen LogP contribution in [-0.4, -0.2) is 15.3 Å². The third-order valence-corrected chi connectivity index (χ3v) is 4.19. The fourth-order valence-electron chi connectivity index (χ4n) is 2.03. The summed E-state index contributed by atoms with van der Waals surface area (Å²) in [7, 11) is 0. The Morgan fingerprint density at radius 2 is 1.86 bits per heavy atom. The minimum atomic E-state index is -0.151. The summed E-state index contributed by atoms with van der Waals surface area (Å²) in [6, 6.07) is 14.9. The lowest BCUT2D eigenvalue weighted by Crippen LogP contribution is -2.17. The molecule has 2 aromatic rings. The van der Waals surface area contributed by atoms with Gasteiger partial charge in [0.15, 0.2) is 0 Å². The van der Waals surface area contributed by atoms with Crippen LogP contribution in [-0.2, 0) is 4.79 Å². The fraction of sp³-hybridized carbons (Fsp3) is 0. The number of carbonyl (C=O) groups excluding carboxylic acids is 1. The summed E-state index contributed by atoms with van der Waals surface area (Å²) in [5, 5.41) is 12.1. The topological polar surface area (TPSA) is 49.3 Å². The van der Waals surface area contributed by atoms with Crippen LogP contribution in [0.15, 0.2) is 53.4 Å². The van der Waals surface area contributed by atoms with Gasteiger partial charge in [-0.25, -0.2) is 0 Å². The molecule has 2 N–H and O–H groups in total. The molecule has 3 rings (SSSR count). The highest BCUT2D eigenvalue weighted by atomic mass is 32.2. The second-order valence-corrected chi connectivity index (χ2v) is 6.24. The minimum absolute atomic E-state index is 0.151. The van der Waals surface area contributed by atoms with Gasteiger partial charge in [0.25, 0.3) is 5.91 Å². The molecule has 0 bridgehead atoms. The highest BCUT2D eigenvalue weighted by Gasteiger charge is 2.21. The van der Waals surface area contributed by atoms with E-state index in [0.717, 1.165) is 16.7 Å². The van der Waals surface area contributed by atoms with Gasteiger partial charge in [0.2, 0.25) is 0 Å². The molecule has 5 heteroatoms. The van der Waals surface area contributed by atoms with Crippen molar-refractivity contribution in [3.05, 3.63) is 59.0 Å². The average Bonchev–Trinajstić information content (AvgIpc) is 2.78. The zero-order chi connectivity index (χ0) is 14.8. The van der Waals surface area contributed by atoms with Crippen molar-refractivity contribution in [3.8, 4) is 16.9 Å². The number of benzene rings is 2. The van der Waals surface area contributed by atoms with E-state index in [0.29, 0.717) is 9.23 Å². The monoisotopic (exact) mass is 313 g/mol. The van der Waals surface area contributed by atoms with Crippen molar-refractivity contribution in [2.45, 2.75) is 0 Å². The van der Waals surface area contributed by atoms with E-state index in [1.807, 2.05) is 36.4 Å². The Bertz CT molecular complexity index is 751. The van der Waals surface area contributed by atoms with E-state index in [9.17, 15) is 9.90 Å². The van der Waals surface area contributed by atoms with Crippen molar-refractivity contribution >= 4 is 40.3 Å². The number of carbonyl (C=O) groups is 1. The zero-order valence-electron chi connectivity index (χ0n) is 10.9. The molecule has 1 amide bonds. The number of thiocarbonyl (C=S) groups is 1. The molecule has 0 spiro atoms. The lowest BCUT2D eigenvalue weighted by Gasteiger charge is -2.03. The first kappa shape index (κ1) is 13.9. The number of amides is 1. The Morgan fingerprint density at radius 1 is 1.10 bits per heavy atom. The van der Waals surface area contributed by atoms with Crippen molar-refractivity contribution in [3.63, 3.8) is 0 Å². The van der Waals surface area contributed by atoms with Gasteiger partial charge in [-0.05, 0) is 34.9 Å². The van der Waals surface area contributed by atoms with Gasteiger partial charge in [-0.2, -0.15) is 0 Å².